The summed E-state index contributed by atoms with van der Waals surface area (Å²) < 4.78 is 38.7. The average Bonchev–Trinajstić information content (AvgIpc) is 3.32. The highest BCUT2D eigenvalue weighted by atomic mass is 32.2. The first-order valence-electron chi connectivity index (χ1n) is 12.4. The summed E-state index contributed by atoms with van der Waals surface area (Å²) >= 11 is 0. The van der Waals surface area contributed by atoms with Gasteiger partial charge in [0.1, 0.15) is 12.4 Å². The van der Waals surface area contributed by atoms with E-state index in [2.05, 4.69) is 23.5 Å². The van der Waals surface area contributed by atoms with E-state index in [0.29, 0.717) is 36.1 Å². The molecule has 1 aliphatic carbocycles. The smallest absolute Gasteiger partial charge is 0.257 e. The zero-order chi connectivity index (χ0) is 24.9. The third-order valence-corrected chi connectivity index (χ3v) is 8.50. The molecule has 1 saturated carbocycles. The zero-order valence-electron chi connectivity index (χ0n) is 21.2. The summed E-state index contributed by atoms with van der Waals surface area (Å²) in [7, 11) is -0.0126. The molecule has 192 valence electrons. The lowest BCUT2D eigenvalue weighted by atomic mass is 9.99. The Morgan fingerprint density at radius 3 is 2.53 bits per heavy atom. The first kappa shape index (κ1) is 26.8. The van der Waals surface area contributed by atoms with Crippen LogP contribution in [-0.4, -0.2) is 82.4 Å². The number of amides is 1. The highest BCUT2D eigenvalue weighted by Crippen LogP contribution is 2.29. The molecule has 1 N–H and O–H groups in total. The second kappa shape index (κ2) is 11.7. The van der Waals surface area contributed by atoms with Crippen LogP contribution in [0.3, 0.4) is 0 Å². The molecular formula is C25H41N3O5S. The number of nitrogens with one attached hydrogen (secondary N) is 1. The summed E-state index contributed by atoms with van der Waals surface area (Å²) in [4.78, 5) is 17.5. The molecule has 0 radical (unpaired) electrons. The number of benzene rings is 1. The quantitative estimate of drug-likeness (QED) is 0.650. The van der Waals surface area contributed by atoms with E-state index in [0.717, 1.165) is 13.1 Å². The average molecular weight is 496 g/mol. The van der Waals surface area contributed by atoms with E-state index in [4.69, 9.17) is 9.47 Å². The van der Waals surface area contributed by atoms with E-state index in [1.54, 1.807) is 44.2 Å². The Labute approximate surface area is 205 Å². The Bertz CT molecular complexity index is 932. The Morgan fingerprint density at radius 2 is 1.88 bits per heavy atom. The van der Waals surface area contributed by atoms with E-state index < -0.39 is 10.0 Å². The van der Waals surface area contributed by atoms with Crippen LogP contribution in [0.5, 0.6) is 5.75 Å². The molecule has 1 amide bonds. The fourth-order valence-corrected chi connectivity index (χ4v) is 5.58. The van der Waals surface area contributed by atoms with E-state index in [1.807, 2.05) is 0 Å². The highest BCUT2D eigenvalue weighted by Gasteiger charge is 2.30. The van der Waals surface area contributed by atoms with Crippen molar-refractivity contribution in [2.24, 2.45) is 11.8 Å². The highest BCUT2D eigenvalue weighted by molar-refractivity contribution is 7.92. The second-order valence-corrected chi connectivity index (χ2v) is 11.9. The fourth-order valence-electron chi connectivity index (χ4n) is 4.95. The molecule has 9 heteroatoms. The molecule has 1 heterocycles. The van der Waals surface area contributed by atoms with Crippen LogP contribution in [0, 0.1) is 11.8 Å². The van der Waals surface area contributed by atoms with Crippen molar-refractivity contribution in [1.29, 1.82) is 0 Å². The van der Waals surface area contributed by atoms with Gasteiger partial charge in [-0.05, 0) is 56.7 Å². The molecule has 1 aromatic carbocycles. The predicted octanol–water partition coefficient (Wildman–Crippen LogP) is 3.44. The number of rotatable bonds is 6. The summed E-state index contributed by atoms with van der Waals surface area (Å²) in [6.07, 6.45) is 5.07. The van der Waals surface area contributed by atoms with Crippen LogP contribution in [0.15, 0.2) is 18.2 Å². The van der Waals surface area contributed by atoms with Crippen molar-refractivity contribution in [2.75, 3.05) is 50.9 Å². The summed E-state index contributed by atoms with van der Waals surface area (Å²) in [5.41, 5.74) is 0.696. The van der Waals surface area contributed by atoms with Crippen molar-refractivity contribution < 1.29 is 22.7 Å². The topological polar surface area (TPSA) is 88.2 Å². The fraction of sp³-hybridized carbons (Fsp3) is 0.720. The number of sulfonamides is 1. The second-order valence-electron chi connectivity index (χ2n) is 9.92. The van der Waals surface area contributed by atoms with Gasteiger partial charge in [-0.15, -0.1) is 0 Å². The van der Waals surface area contributed by atoms with Crippen LogP contribution < -0.4 is 9.46 Å². The summed E-state index contributed by atoms with van der Waals surface area (Å²) in [6, 6.07) is 5.06. The summed E-state index contributed by atoms with van der Waals surface area (Å²) in [5.74, 6) is 1.14. The van der Waals surface area contributed by atoms with Gasteiger partial charge in [0.05, 0.1) is 17.4 Å². The third-order valence-electron chi connectivity index (χ3n) is 7.19. The minimum Gasteiger partial charge on any atom is -0.491 e. The van der Waals surface area contributed by atoms with Crippen molar-refractivity contribution in [3.8, 4) is 5.75 Å². The predicted molar refractivity (Wildman–Crippen MR) is 135 cm³/mol. The van der Waals surface area contributed by atoms with Gasteiger partial charge < -0.3 is 14.4 Å². The first-order valence-corrected chi connectivity index (χ1v) is 14.1. The molecule has 1 aromatic rings. The number of anilines is 1. The first-order chi connectivity index (χ1) is 16.1. The molecule has 0 spiro atoms. The normalized spacial score (nSPS) is 25.9. The molecule has 1 fully saturated rings. The zero-order valence-corrected chi connectivity index (χ0v) is 22.1. The van der Waals surface area contributed by atoms with Gasteiger partial charge in [0.2, 0.25) is 10.0 Å². The Balaban J connectivity index is 1.92. The molecule has 3 rings (SSSR count). The number of nitrogens with zero attached hydrogens (tertiary/aromatic N) is 2. The lowest BCUT2D eigenvalue weighted by Crippen LogP contribution is -2.47. The summed E-state index contributed by atoms with van der Waals surface area (Å²) in [6.45, 7) is 8.74. The van der Waals surface area contributed by atoms with Gasteiger partial charge in [-0.2, -0.15) is 0 Å². The Morgan fingerprint density at radius 1 is 1.18 bits per heavy atom. The monoisotopic (exact) mass is 495 g/mol. The van der Waals surface area contributed by atoms with E-state index in [1.165, 1.54) is 25.7 Å². The van der Waals surface area contributed by atoms with Crippen molar-refractivity contribution in [1.82, 2.24) is 9.80 Å². The third kappa shape index (κ3) is 6.86. The molecular weight excluding hydrogens is 454 g/mol. The standard InChI is InChI=1S/C25H41N3O5S/c1-6-34(30,31)26-21-11-12-23-22(13-21)25(29)27(4)16-24(32-5)18(2)14-28(19(3)17-33-23)15-20-9-7-8-10-20/h11-13,18-20,24,26H,6-10,14-17H2,1-5H3/t18-,19+,24+/m1/s1. The SMILES string of the molecule is CCS(=O)(=O)Nc1ccc2c(c1)C(=O)N(C)C[C@H](OC)[C@H](C)CN(CC1CCCC1)[C@@H](C)CO2. The number of carbonyl (C=O) groups excluding carboxylic acids is 1. The molecule has 2 aliphatic rings. The number of hydrogen-bond acceptors (Lipinski definition) is 6. The molecule has 3 atom stereocenters. The van der Waals surface area contributed by atoms with Gasteiger partial charge >= 0.3 is 0 Å². The minimum absolute atomic E-state index is 0.0455. The molecule has 8 nitrogen and oxygen atoms in total. The molecule has 0 saturated heterocycles. The number of methoxy groups -OCH3 is 1. The summed E-state index contributed by atoms with van der Waals surface area (Å²) in [5, 5.41) is 0. The van der Waals surface area contributed by atoms with E-state index in [-0.39, 0.29) is 29.7 Å². The maximum absolute atomic E-state index is 13.4. The van der Waals surface area contributed by atoms with E-state index >= 15 is 0 Å². The Hall–Kier alpha value is -1.84. The van der Waals surface area contributed by atoms with Gasteiger partial charge in [-0.25, -0.2) is 8.42 Å². The molecule has 1 aliphatic heterocycles. The van der Waals surface area contributed by atoms with Crippen molar-refractivity contribution >= 4 is 21.6 Å². The lowest BCUT2D eigenvalue weighted by molar-refractivity contribution is 0.00814. The maximum Gasteiger partial charge on any atom is 0.257 e. The Kier molecular flexibility index (Phi) is 9.23. The van der Waals surface area contributed by atoms with Crippen LogP contribution >= 0.6 is 0 Å². The van der Waals surface area contributed by atoms with Crippen molar-refractivity contribution in [2.45, 2.75) is 58.6 Å². The number of ether oxygens (including phenoxy) is 2. The largest absolute Gasteiger partial charge is 0.491 e. The van der Waals surface area contributed by atoms with E-state index in [9.17, 15) is 13.2 Å². The lowest BCUT2D eigenvalue weighted by Gasteiger charge is -2.37. The molecule has 0 unspecified atom stereocenters. The van der Waals surface area contributed by atoms with Crippen LogP contribution in [-0.2, 0) is 14.8 Å². The van der Waals surface area contributed by atoms with Crippen LogP contribution in [0.2, 0.25) is 0 Å². The van der Waals surface area contributed by atoms with Crippen molar-refractivity contribution in [3.05, 3.63) is 23.8 Å². The van der Waals surface area contributed by atoms with Gasteiger partial charge in [0.25, 0.3) is 5.91 Å². The van der Waals surface area contributed by atoms with Crippen LogP contribution in [0.4, 0.5) is 5.69 Å². The number of likely N-dealkylation sites (N-methyl/N-ethyl adjacent to an activating group) is 1. The van der Waals surface area contributed by atoms with Gasteiger partial charge in [0.15, 0.2) is 0 Å². The number of carbonyl (C=O) groups is 1. The van der Waals surface area contributed by atoms with Gasteiger partial charge in [0, 0.05) is 45.5 Å². The minimum atomic E-state index is -3.46. The van der Waals surface area contributed by atoms with Crippen LogP contribution in [0.25, 0.3) is 0 Å². The number of fused-ring (bicyclic) bond motifs is 1. The van der Waals surface area contributed by atoms with Crippen LogP contribution in [0.1, 0.15) is 56.8 Å². The van der Waals surface area contributed by atoms with Gasteiger partial charge in [-0.3, -0.25) is 14.4 Å². The molecule has 0 aromatic heterocycles. The molecule has 0 bridgehead atoms. The van der Waals surface area contributed by atoms with Crippen molar-refractivity contribution in [3.63, 3.8) is 0 Å². The maximum atomic E-state index is 13.4. The van der Waals surface area contributed by atoms with Gasteiger partial charge in [-0.1, -0.05) is 19.8 Å². The number of hydrogen-bond donors (Lipinski definition) is 1. The molecule has 34 heavy (non-hydrogen) atoms.